The van der Waals surface area contributed by atoms with E-state index in [2.05, 4.69) is 6.58 Å². The van der Waals surface area contributed by atoms with E-state index in [1.165, 1.54) is 0 Å². The predicted molar refractivity (Wildman–Crippen MR) is 104 cm³/mol. The average molecular weight is 390 g/mol. The number of ether oxygens (including phenoxy) is 3. The first-order valence-corrected chi connectivity index (χ1v) is 9.90. The zero-order chi connectivity index (χ0) is 20.9. The van der Waals surface area contributed by atoms with Crippen LogP contribution in [0.4, 0.5) is 0 Å². The Kier molecular flexibility index (Phi) is 7.22. The fourth-order valence-corrected chi connectivity index (χ4v) is 3.95. The summed E-state index contributed by atoms with van der Waals surface area (Å²) in [6.07, 6.45) is 3.80. The SMILES string of the molecule is C=C1CC/C(=C(/C)C(=O)OCC)C=C2CC(C(=O)OCC)(C(=O)OCC)C[C@H]12. The van der Waals surface area contributed by atoms with Crippen molar-refractivity contribution < 1.29 is 28.6 Å². The minimum atomic E-state index is -1.36. The summed E-state index contributed by atoms with van der Waals surface area (Å²) in [5.41, 5.74) is 1.93. The molecule has 2 aliphatic carbocycles. The van der Waals surface area contributed by atoms with Crippen molar-refractivity contribution in [3.8, 4) is 0 Å². The van der Waals surface area contributed by atoms with Gasteiger partial charge in [-0.1, -0.05) is 23.8 Å². The Morgan fingerprint density at radius 3 is 2.14 bits per heavy atom. The van der Waals surface area contributed by atoms with Crippen LogP contribution in [0.2, 0.25) is 0 Å². The molecule has 6 heteroatoms. The van der Waals surface area contributed by atoms with Crippen LogP contribution in [0.1, 0.15) is 53.4 Å². The number of carbonyl (C=O) groups is 3. The molecule has 154 valence electrons. The molecule has 0 aromatic heterocycles. The van der Waals surface area contributed by atoms with Crippen LogP contribution in [-0.4, -0.2) is 37.7 Å². The highest BCUT2D eigenvalue weighted by Crippen LogP contribution is 2.52. The van der Waals surface area contributed by atoms with Gasteiger partial charge in [-0.2, -0.15) is 0 Å². The highest BCUT2D eigenvalue weighted by molar-refractivity contribution is 6.01. The number of hydrogen-bond donors (Lipinski definition) is 0. The first-order chi connectivity index (χ1) is 13.3. The van der Waals surface area contributed by atoms with E-state index in [0.717, 1.165) is 16.7 Å². The fraction of sp³-hybridized carbons (Fsp3) is 0.591. The molecule has 0 saturated heterocycles. The van der Waals surface area contributed by atoms with Gasteiger partial charge >= 0.3 is 17.9 Å². The quantitative estimate of drug-likeness (QED) is 0.226. The molecular formula is C22H30O6. The molecule has 0 spiro atoms. The summed E-state index contributed by atoms with van der Waals surface area (Å²) >= 11 is 0. The van der Waals surface area contributed by atoms with Crippen LogP contribution in [0.5, 0.6) is 0 Å². The van der Waals surface area contributed by atoms with Crippen LogP contribution in [0.15, 0.2) is 34.9 Å². The number of hydrogen-bond acceptors (Lipinski definition) is 6. The Bertz CT molecular complexity index is 709. The molecule has 0 heterocycles. The number of fused-ring (bicyclic) bond motifs is 1. The highest BCUT2D eigenvalue weighted by Gasteiger charge is 2.56. The minimum absolute atomic E-state index is 0.110. The van der Waals surface area contributed by atoms with E-state index in [-0.39, 0.29) is 31.5 Å². The summed E-state index contributed by atoms with van der Waals surface area (Å²) in [4.78, 5) is 37.7. The van der Waals surface area contributed by atoms with Gasteiger partial charge in [-0.15, -0.1) is 0 Å². The minimum Gasteiger partial charge on any atom is -0.465 e. The summed E-state index contributed by atoms with van der Waals surface area (Å²) in [6.45, 7) is 11.8. The van der Waals surface area contributed by atoms with E-state index in [1.54, 1.807) is 27.7 Å². The van der Waals surface area contributed by atoms with Gasteiger partial charge < -0.3 is 14.2 Å². The van der Waals surface area contributed by atoms with Crippen LogP contribution in [0.25, 0.3) is 0 Å². The predicted octanol–water partition coefficient (Wildman–Crippen LogP) is 3.67. The number of carbonyl (C=O) groups excluding carboxylic acids is 3. The van der Waals surface area contributed by atoms with Crippen molar-refractivity contribution in [3.05, 3.63) is 34.9 Å². The lowest BCUT2D eigenvalue weighted by atomic mass is 9.83. The highest BCUT2D eigenvalue weighted by atomic mass is 16.6. The molecule has 0 N–H and O–H groups in total. The van der Waals surface area contributed by atoms with Gasteiger partial charge in [-0.05, 0) is 59.0 Å². The standard InChI is InChI=1S/C22H30O6/c1-6-26-19(23)15(5)16-10-9-14(4)18-13-22(12-17(18)11-16,20(24)27-7-2)21(25)28-8-3/h11,18H,4,6-10,12-13H2,1-3,5H3/b16-15+/t18-/m1/s1. The first-order valence-electron chi connectivity index (χ1n) is 9.90. The Hall–Kier alpha value is -2.37. The van der Waals surface area contributed by atoms with Gasteiger partial charge in [-0.3, -0.25) is 9.59 Å². The van der Waals surface area contributed by atoms with E-state index >= 15 is 0 Å². The van der Waals surface area contributed by atoms with Crippen LogP contribution in [0, 0.1) is 11.3 Å². The van der Waals surface area contributed by atoms with E-state index < -0.39 is 17.4 Å². The van der Waals surface area contributed by atoms with Gasteiger partial charge in [0, 0.05) is 11.5 Å². The Morgan fingerprint density at radius 1 is 1.04 bits per heavy atom. The smallest absolute Gasteiger partial charge is 0.333 e. The molecule has 6 nitrogen and oxygen atoms in total. The van der Waals surface area contributed by atoms with Crippen LogP contribution in [0.3, 0.4) is 0 Å². The van der Waals surface area contributed by atoms with Gasteiger partial charge in [-0.25, -0.2) is 4.79 Å². The molecule has 28 heavy (non-hydrogen) atoms. The molecule has 0 aliphatic heterocycles. The van der Waals surface area contributed by atoms with Crippen molar-refractivity contribution in [2.24, 2.45) is 11.3 Å². The number of allylic oxidation sites excluding steroid dienone is 4. The largest absolute Gasteiger partial charge is 0.465 e. The van der Waals surface area contributed by atoms with Gasteiger partial charge in [0.15, 0.2) is 5.41 Å². The summed E-state index contributed by atoms with van der Waals surface area (Å²) in [7, 11) is 0. The summed E-state index contributed by atoms with van der Waals surface area (Å²) in [6, 6.07) is 0. The van der Waals surface area contributed by atoms with Crippen molar-refractivity contribution >= 4 is 17.9 Å². The van der Waals surface area contributed by atoms with Crippen molar-refractivity contribution in [2.75, 3.05) is 19.8 Å². The number of esters is 3. The van der Waals surface area contributed by atoms with Crippen molar-refractivity contribution in [1.29, 1.82) is 0 Å². The molecule has 0 amide bonds. The molecule has 1 fully saturated rings. The van der Waals surface area contributed by atoms with Crippen LogP contribution >= 0.6 is 0 Å². The molecular weight excluding hydrogens is 360 g/mol. The number of rotatable bonds is 6. The third-order valence-corrected chi connectivity index (χ3v) is 5.47. The lowest BCUT2D eigenvalue weighted by Gasteiger charge is -2.24. The van der Waals surface area contributed by atoms with E-state index in [4.69, 9.17) is 14.2 Å². The molecule has 0 radical (unpaired) electrons. The molecule has 0 unspecified atom stereocenters. The summed E-state index contributed by atoms with van der Waals surface area (Å²) in [5, 5.41) is 0. The van der Waals surface area contributed by atoms with Gasteiger partial charge in [0.2, 0.25) is 0 Å². The Balaban J connectivity index is 2.48. The Morgan fingerprint density at radius 2 is 1.61 bits per heavy atom. The maximum Gasteiger partial charge on any atom is 0.333 e. The van der Waals surface area contributed by atoms with E-state index in [0.29, 0.717) is 31.4 Å². The average Bonchev–Trinajstić information content (AvgIpc) is 2.99. The topological polar surface area (TPSA) is 78.9 Å². The fourth-order valence-electron chi connectivity index (χ4n) is 3.95. The zero-order valence-electron chi connectivity index (χ0n) is 17.3. The summed E-state index contributed by atoms with van der Waals surface area (Å²) < 4.78 is 15.6. The monoisotopic (exact) mass is 390 g/mol. The molecule has 1 atom stereocenters. The molecule has 0 aromatic rings. The maximum absolute atomic E-state index is 12.8. The normalized spacial score (nSPS) is 22.5. The van der Waals surface area contributed by atoms with Gasteiger partial charge in [0.25, 0.3) is 0 Å². The molecule has 0 bridgehead atoms. The lowest BCUT2D eigenvalue weighted by Crippen LogP contribution is -2.40. The molecule has 0 aromatic carbocycles. The van der Waals surface area contributed by atoms with Gasteiger partial charge in [0.1, 0.15) is 0 Å². The Labute approximate surface area is 166 Å². The van der Waals surface area contributed by atoms with Crippen molar-refractivity contribution in [2.45, 2.75) is 53.4 Å². The second-order valence-electron chi connectivity index (χ2n) is 7.20. The molecule has 1 saturated carbocycles. The third kappa shape index (κ3) is 4.21. The maximum atomic E-state index is 12.8. The van der Waals surface area contributed by atoms with Crippen LogP contribution in [-0.2, 0) is 28.6 Å². The van der Waals surface area contributed by atoms with Crippen LogP contribution < -0.4 is 0 Å². The van der Waals surface area contributed by atoms with E-state index in [1.807, 2.05) is 6.08 Å². The zero-order valence-corrected chi connectivity index (χ0v) is 17.3. The third-order valence-electron chi connectivity index (χ3n) is 5.47. The second kappa shape index (κ2) is 9.22. The summed E-state index contributed by atoms with van der Waals surface area (Å²) in [5.74, 6) is -1.56. The van der Waals surface area contributed by atoms with Gasteiger partial charge in [0.05, 0.1) is 19.8 Å². The lowest BCUT2D eigenvalue weighted by molar-refractivity contribution is -0.171. The first kappa shape index (κ1) is 21.9. The second-order valence-corrected chi connectivity index (χ2v) is 7.20. The molecule has 2 rings (SSSR count). The van der Waals surface area contributed by atoms with E-state index in [9.17, 15) is 14.4 Å². The van der Waals surface area contributed by atoms with Crippen molar-refractivity contribution in [3.63, 3.8) is 0 Å². The molecule has 2 aliphatic rings. The van der Waals surface area contributed by atoms with Crippen molar-refractivity contribution in [1.82, 2.24) is 0 Å².